The van der Waals surface area contributed by atoms with Crippen LogP contribution in [0.4, 0.5) is 0 Å². The van der Waals surface area contributed by atoms with E-state index in [0.29, 0.717) is 5.15 Å². The van der Waals surface area contributed by atoms with Crippen molar-refractivity contribution >= 4 is 17.7 Å². The highest BCUT2D eigenvalue weighted by Crippen LogP contribution is 2.15. The number of aromatic nitrogens is 1. The molecule has 0 radical (unpaired) electrons. The van der Waals surface area contributed by atoms with E-state index in [1.54, 1.807) is 12.3 Å². The summed E-state index contributed by atoms with van der Waals surface area (Å²) in [4.78, 5) is 3.90. The molecule has 1 heterocycles. The molecule has 2 heteroatoms. The number of halogens is 1. The van der Waals surface area contributed by atoms with E-state index in [2.05, 4.69) is 11.6 Å². The molecule has 0 unspecified atom stereocenters. The van der Waals surface area contributed by atoms with E-state index in [4.69, 9.17) is 11.6 Å². The van der Waals surface area contributed by atoms with Gasteiger partial charge in [0, 0.05) is 6.20 Å². The van der Waals surface area contributed by atoms with E-state index in [1.165, 1.54) is 0 Å². The molecule has 0 atom stereocenters. The van der Waals surface area contributed by atoms with Crippen LogP contribution in [0, 0.1) is 6.92 Å². The van der Waals surface area contributed by atoms with Crippen LogP contribution in [-0.2, 0) is 0 Å². The number of hydrogen-bond acceptors (Lipinski definition) is 1. The molecule has 1 rings (SSSR count). The van der Waals surface area contributed by atoms with Gasteiger partial charge in [-0.1, -0.05) is 24.3 Å². The summed E-state index contributed by atoms with van der Waals surface area (Å²) in [6.07, 6.45) is 3.44. The lowest BCUT2D eigenvalue weighted by molar-refractivity contribution is 1.26. The Balaban J connectivity index is 3.27. The summed E-state index contributed by atoms with van der Waals surface area (Å²) in [5.74, 6) is 0. The summed E-state index contributed by atoms with van der Waals surface area (Å²) < 4.78 is 0. The Morgan fingerprint density at radius 3 is 2.90 bits per heavy atom. The molecule has 0 amide bonds. The first-order chi connectivity index (χ1) is 4.75. The SMILES string of the molecule is C=Cc1ccnc(Cl)c1C. The molecule has 52 valence electrons. The summed E-state index contributed by atoms with van der Waals surface area (Å²) in [5.41, 5.74) is 2.03. The lowest BCUT2D eigenvalue weighted by atomic mass is 10.2. The minimum absolute atomic E-state index is 0.553. The van der Waals surface area contributed by atoms with Crippen LogP contribution < -0.4 is 0 Å². The van der Waals surface area contributed by atoms with Crippen LogP contribution in [0.2, 0.25) is 5.15 Å². The van der Waals surface area contributed by atoms with Gasteiger partial charge in [0.2, 0.25) is 0 Å². The Kier molecular flexibility index (Phi) is 2.07. The van der Waals surface area contributed by atoms with Crippen LogP contribution in [0.5, 0.6) is 0 Å². The monoisotopic (exact) mass is 153 g/mol. The number of rotatable bonds is 1. The third-order valence-corrected chi connectivity index (χ3v) is 1.79. The van der Waals surface area contributed by atoms with Crippen LogP contribution in [0.1, 0.15) is 11.1 Å². The lowest BCUT2D eigenvalue weighted by Gasteiger charge is -1.98. The maximum absolute atomic E-state index is 5.73. The molecular weight excluding hydrogens is 146 g/mol. The summed E-state index contributed by atoms with van der Waals surface area (Å²) in [5, 5.41) is 0.553. The first kappa shape index (κ1) is 7.29. The molecule has 0 aliphatic heterocycles. The van der Waals surface area contributed by atoms with Crippen LogP contribution in [0.3, 0.4) is 0 Å². The first-order valence-corrected chi connectivity index (χ1v) is 3.37. The van der Waals surface area contributed by atoms with E-state index in [0.717, 1.165) is 11.1 Å². The van der Waals surface area contributed by atoms with Crippen molar-refractivity contribution in [1.82, 2.24) is 4.98 Å². The molecule has 0 aromatic carbocycles. The largest absolute Gasteiger partial charge is 0.244 e. The highest BCUT2D eigenvalue weighted by molar-refractivity contribution is 6.30. The third-order valence-electron chi connectivity index (χ3n) is 1.40. The van der Waals surface area contributed by atoms with Gasteiger partial charge in [0.15, 0.2) is 0 Å². The lowest BCUT2D eigenvalue weighted by Crippen LogP contribution is -1.83. The van der Waals surface area contributed by atoms with E-state index < -0.39 is 0 Å². The van der Waals surface area contributed by atoms with Crippen molar-refractivity contribution in [3.63, 3.8) is 0 Å². The van der Waals surface area contributed by atoms with Gasteiger partial charge in [0.05, 0.1) is 0 Å². The zero-order valence-electron chi connectivity index (χ0n) is 5.76. The first-order valence-electron chi connectivity index (χ1n) is 2.99. The average Bonchev–Trinajstić information content (AvgIpc) is 1.95. The molecule has 0 bridgehead atoms. The minimum atomic E-state index is 0.553. The molecule has 1 nitrogen and oxygen atoms in total. The topological polar surface area (TPSA) is 12.9 Å². The number of hydrogen-bond donors (Lipinski definition) is 0. The summed E-state index contributed by atoms with van der Waals surface area (Å²) in [6, 6.07) is 1.88. The number of nitrogens with zero attached hydrogens (tertiary/aromatic N) is 1. The Morgan fingerprint density at radius 2 is 2.40 bits per heavy atom. The van der Waals surface area contributed by atoms with Crippen LogP contribution in [0.25, 0.3) is 6.08 Å². The van der Waals surface area contributed by atoms with E-state index in [9.17, 15) is 0 Å². The van der Waals surface area contributed by atoms with Crippen molar-refractivity contribution in [2.45, 2.75) is 6.92 Å². The van der Waals surface area contributed by atoms with E-state index in [-0.39, 0.29) is 0 Å². The standard InChI is InChI=1S/C8H8ClN/c1-3-7-4-5-10-8(9)6(7)2/h3-5H,1H2,2H3. The second kappa shape index (κ2) is 2.84. The maximum atomic E-state index is 5.73. The molecule has 0 N–H and O–H groups in total. The molecule has 0 fully saturated rings. The fraction of sp³-hybridized carbons (Fsp3) is 0.125. The normalized spacial score (nSPS) is 9.40. The molecular formula is C8H8ClN. The zero-order chi connectivity index (χ0) is 7.56. The maximum Gasteiger partial charge on any atom is 0.132 e. The highest BCUT2D eigenvalue weighted by atomic mass is 35.5. The van der Waals surface area contributed by atoms with Gasteiger partial charge in [-0.05, 0) is 24.1 Å². The fourth-order valence-electron chi connectivity index (χ4n) is 0.745. The van der Waals surface area contributed by atoms with Crippen molar-refractivity contribution in [3.8, 4) is 0 Å². The summed E-state index contributed by atoms with van der Waals surface area (Å²) in [6.45, 7) is 5.57. The van der Waals surface area contributed by atoms with Gasteiger partial charge in [-0.15, -0.1) is 0 Å². The van der Waals surface area contributed by atoms with Crippen molar-refractivity contribution in [2.75, 3.05) is 0 Å². The second-order valence-corrected chi connectivity index (χ2v) is 2.38. The van der Waals surface area contributed by atoms with Gasteiger partial charge in [0.25, 0.3) is 0 Å². The molecule has 10 heavy (non-hydrogen) atoms. The van der Waals surface area contributed by atoms with Gasteiger partial charge >= 0.3 is 0 Å². The van der Waals surface area contributed by atoms with Gasteiger partial charge in [-0.3, -0.25) is 0 Å². The third kappa shape index (κ3) is 1.19. The van der Waals surface area contributed by atoms with Gasteiger partial charge < -0.3 is 0 Å². The van der Waals surface area contributed by atoms with Gasteiger partial charge in [0.1, 0.15) is 5.15 Å². The minimum Gasteiger partial charge on any atom is -0.244 e. The molecule has 1 aromatic heterocycles. The van der Waals surface area contributed by atoms with E-state index in [1.807, 2.05) is 13.0 Å². The fourth-order valence-corrected chi connectivity index (χ4v) is 0.911. The zero-order valence-corrected chi connectivity index (χ0v) is 6.52. The molecule has 1 aromatic rings. The van der Waals surface area contributed by atoms with Crippen molar-refractivity contribution < 1.29 is 0 Å². The average molecular weight is 154 g/mol. The molecule has 0 aliphatic carbocycles. The molecule has 0 saturated heterocycles. The van der Waals surface area contributed by atoms with Crippen molar-refractivity contribution in [1.29, 1.82) is 0 Å². The molecule has 0 saturated carbocycles. The van der Waals surface area contributed by atoms with Gasteiger partial charge in [-0.25, -0.2) is 4.98 Å². The quantitative estimate of drug-likeness (QED) is 0.566. The highest BCUT2D eigenvalue weighted by Gasteiger charge is 1.97. The van der Waals surface area contributed by atoms with Gasteiger partial charge in [-0.2, -0.15) is 0 Å². The Bertz CT molecular complexity index is 255. The van der Waals surface area contributed by atoms with Crippen LogP contribution >= 0.6 is 11.6 Å². The Morgan fingerprint density at radius 1 is 1.70 bits per heavy atom. The molecule has 0 aliphatic rings. The van der Waals surface area contributed by atoms with Crippen LogP contribution in [-0.4, -0.2) is 4.98 Å². The Hall–Kier alpha value is -0.820. The predicted molar refractivity (Wildman–Crippen MR) is 44.1 cm³/mol. The van der Waals surface area contributed by atoms with Crippen molar-refractivity contribution in [3.05, 3.63) is 35.1 Å². The second-order valence-electron chi connectivity index (χ2n) is 2.02. The van der Waals surface area contributed by atoms with Crippen LogP contribution in [0.15, 0.2) is 18.8 Å². The Labute approximate surface area is 65.4 Å². The van der Waals surface area contributed by atoms with Crippen molar-refractivity contribution in [2.24, 2.45) is 0 Å². The smallest absolute Gasteiger partial charge is 0.132 e. The summed E-state index contributed by atoms with van der Waals surface area (Å²) >= 11 is 5.73. The molecule has 0 spiro atoms. The summed E-state index contributed by atoms with van der Waals surface area (Å²) in [7, 11) is 0. The number of pyridine rings is 1. The van der Waals surface area contributed by atoms with E-state index >= 15 is 0 Å². The predicted octanol–water partition coefficient (Wildman–Crippen LogP) is 2.69.